The standard InChI is InChI=1S/C11H12Cl2N2O/c1-7(5-14)15-6-8-3-4-9(16-2)11(13)10(8)12/h3-4,7,15H,6H2,1-2H3. The van der Waals surface area contributed by atoms with E-state index in [4.69, 9.17) is 33.2 Å². The average molecular weight is 259 g/mol. The van der Waals surface area contributed by atoms with Gasteiger partial charge in [0.15, 0.2) is 0 Å². The van der Waals surface area contributed by atoms with Crippen LogP contribution in [0.4, 0.5) is 0 Å². The summed E-state index contributed by atoms with van der Waals surface area (Å²) in [5.74, 6) is 0.545. The summed E-state index contributed by atoms with van der Waals surface area (Å²) in [7, 11) is 1.53. The molecule has 0 fully saturated rings. The average Bonchev–Trinajstić information content (AvgIpc) is 2.30. The Bertz CT molecular complexity index is 415. The van der Waals surface area contributed by atoms with E-state index in [1.54, 1.807) is 13.0 Å². The molecule has 0 aliphatic heterocycles. The van der Waals surface area contributed by atoms with Gasteiger partial charge in [-0.15, -0.1) is 0 Å². The Labute approximate surface area is 105 Å². The molecular weight excluding hydrogens is 247 g/mol. The summed E-state index contributed by atoms with van der Waals surface area (Å²) in [6.45, 7) is 2.27. The zero-order chi connectivity index (χ0) is 12.1. The van der Waals surface area contributed by atoms with Crippen molar-refractivity contribution < 1.29 is 4.74 Å². The Morgan fingerprint density at radius 3 is 2.69 bits per heavy atom. The summed E-state index contributed by atoms with van der Waals surface area (Å²) >= 11 is 12.1. The first kappa shape index (κ1) is 13.1. The molecule has 0 amide bonds. The van der Waals surface area contributed by atoms with Crippen LogP contribution in [0.25, 0.3) is 0 Å². The van der Waals surface area contributed by atoms with E-state index in [9.17, 15) is 0 Å². The molecule has 16 heavy (non-hydrogen) atoms. The molecule has 0 spiro atoms. The minimum Gasteiger partial charge on any atom is -0.495 e. The fourth-order valence-electron chi connectivity index (χ4n) is 1.17. The van der Waals surface area contributed by atoms with E-state index in [2.05, 4.69) is 11.4 Å². The van der Waals surface area contributed by atoms with Crippen molar-refractivity contribution in [2.24, 2.45) is 0 Å². The summed E-state index contributed by atoms with van der Waals surface area (Å²) in [6.07, 6.45) is 0. The molecule has 0 heterocycles. The maximum absolute atomic E-state index is 8.63. The summed E-state index contributed by atoms with van der Waals surface area (Å²) in [5, 5.41) is 12.5. The highest BCUT2D eigenvalue weighted by Gasteiger charge is 2.10. The minimum atomic E-state index is -0.225. The molecule has 0 aliphatic rings. The van der Waals surface area contributed by atoms with Crippen LogP contribution in [0.3, 0.4) is 0 Å². The van der Waals surface area contributed by atoms with Gasteiger partial charge in [-0.2, -0.15) is 5.26 Å². The first-order chi connectivity index (χ1) is 7.60. The van der Waals surface area contributed by atoms with Gasteiger partial charge >= 0.3 is 0 Å². The second kappa shape index (κ2) is 5.95. The van der Waals surface area contributed by atoms with E-state index in [0.29, 0.717) is 22.3 Å². The summed E-state index contributed by atoms with van der Waals surface area (Å²) < 4.78 is 5.04. The van der Waals surface area contributed by atoms with E-state index in [1.165, 1.54) is 7.11 Å². The number of nitrogens with one attached hydrogen (secondary N) is 1. The van der Waals surface area contributed by atoms with Gasteiger partial charge in [-0.3, -0.25) is 5.32 Å². The van der Waals surface area contributed by atoms with Crippen LogP contribution < -0.4 is 10.1 Å². The predicted octanol–water partition coefficient (Wildman–Crippen LogP) is 3.00. The van der Waals surface area contributed by atoms with E-state index < -0.39 is 0 Å². The lowest BCUT2D eigenvalue weighted by Crippen LogP contribution is -2.23. The third-order valence-corrected chi connectivity index (χ3v) is 3.04. The lowest BCUT2D eigenvalue weighted by Gasteiger charge is -2.11. The number of hydrogen-bond acceptors (Lipinski definition) is 3. The molecule has 1 atom stereocenters. The second-order valence-corrected chi connectivity index (χ2v) is 4.04. The van der Waals surface area contributed by atoms with Gasteiger partial charge in [0.2, 0.25) is 0 Å². The smallest absolute Gasteiger partial charge is 0.138 e. The van der Waals surface area contributed by atoms with Crippen molar-refractivity contribution in [1.29, 1.82) is 5.26 Å². The zero-order valence-electron chi connectivity index (χ0n) is 9.05. The second-order valence-electron chi connectivity index (χ2n) is 3.29. The maximum Gasteiger partial charge on any atom is 0.138 e. The molecule has 0 saturated carbocycles. The Morgan fingerprint density at radius 1 is 1.44 bits per heavy atom. The molecule has 3 nitrogen and oxygen atoms in total. The Balaban J connectivity index is 2.83. The van der Waals surface area contributed by atoms with Gasteiger partial charge < -0.3 is 4.74 Å². The van der Waals surface area contributed by atoms with Gasteiger partial charge in [0.05, 0.1) is 24.2 Å². The van der Waals surface area contributed by atoms with Crippen LogP contribution in [0.1, 0.15) is 12.5 Å². The number of nitrogens with zero attached hydrogens (tertiary/aromatic N) is 1. The largest absolute Gasteiger partial charge is 0.495 e. The van der Waals surface area contributed by atoms with Crippen molar-refractivity contribution in [3.8, 4) is 11.8 Å². The molecule has 0 aromatic heterocycles. The number of rotatable bonds is 4. The number of halogens is 2. The number of benzene rings is 1. The van der Waals surface area contributed by atoms with Crippen LogP contribution in [0, 0.1) is 11.3 Å². The molecule has 0 radical (unpaired) electrons. The SMILES string of the molecule is COc1ccc(CNC(C)C#N)c(Cl)c1Cl. The van der Waals surface area contributed by atoms with Crippen LogP contribution in [0.2, 0.25) is 10.0 Å². The zero-order valence-corrected chi connectivity index (χ0v) is 10.6. The molecule has 1 unspecified atom stereocenters. The number of nitriles is 1. The van der Waals surface area contributed by atoms with Crippen LogP contribution in [-0.4, -0.2) is 13.2 Å². The molecule has 0 aliphatic carbocycles. The predicted molar refractivity (Wildman–Crippen MR) is 64.9 cm³/mol. The van der Waals surface area contributed by atoms with Crippen molar-refractivity contribution in [2.75, 3.05) is 7.11 Å². The van der Waals surface area contributed by atoms with Crippen LogP contribution in [0.5, 0.6) is 5.75 Å². The number of hydrogen-bond donors (Lipinski definition) is 1. The van der Waals surface area contributed by atoms with Gasteiger partial charge in [-0.1, -0.05) is 29.3 Å². The molecule has 86 valence electrons. The number of ether oxygens (including phenoxy) is 1. The summed E-state index contributed by atoms with van der Waals surface area (Å²) in [4.78, 5) is 0. The van der Waals surface area contributed by atoms with Gasteiger partial charge in [-0.25, -0.2) is 0 Å². The highest BCUT2D eigenvalue weighted by molar-refractivity contribution is 6.43. The quantitative estimate of drug-likeness (QED) is 0.903. The third kappa shape index (κ3) is 3.02. The molecule has 1 aromatic rings. The van der Waals surface area contributed by atoms with Crippen molar-refractivity contribution in [3.63, 3.8) is 0 Å². The topological polar surface area (TPSA) is 45.0 Å². The van der Waals surface area contributed by atoms with Gasteiger partial charge in [0.25, 0.3) is 0 Å². The Kier molecular flexibility index (Phi) is 4.88. The molecule has 1 aromatic carbocycles. The first-order valence-corrected chi connectivity index (χ1v) is 5.49. The monoisotopic (exact) mass is 258 g/mol. The van der Waals surface area contributed by atoms with Crippen molar-refractivity contribution in [3.05, 3.63) is 27.7 Å². The molecule has 0 bridgehead atoms. The normalized spacial score (nSPS) is 11.9. The van der Waals surface area contributed by atoms with Gasteiger partial charge in [0.1, 0.15) is 10.8 Å². The minimum absolute atomic E-state index is 0.225. The first-order valence-electron chi connectivity index (χ1n) is 4.74. The van der Waals surface area contributed by atoms with Crippen LogP contribution >= 0.6 is 23.2 Å². The van der Waals surface area contributed by atoms with Crippen molar-refractivity contribution in [1.82, 2.24) is 5.32 Å². The highest BCUT2D eigenvalue weighted by Crippen LogP contribution is 2.34. The summed E-state index contributed by atoms with van der Waals surface area (Å²) in [5.41, 5.74) is 0.842. The molecule has 1 N–H and O–H groups in total. The molecule has 1 rings (SSSR count). The van der Waals surface area contributed by atoms with Crippen LogP contribution in [0.15, 0.2) is 12.1 Å². The molecular formula is C11H12Cl2N2O. The fraction of sp³-hybridized carbons (Fsp3) is 0.364. The van der Waals surface area contributed by atoms with Crippen LogP contribution in [-0.2, 0) is 6.54 Å². The fourth-order valence-corrected chi connectivity index (χ4v) is 1.66. The van der Waals surface area contributed by atoms with E-state index in [0.717, 1.165) is 5.56 Å². The molecule has 5 heteroatoms. The number of methoxy groups -OCH3 is 1. The van der Waals surface area contributed by atoms with Crippen molar-refractivity contribution in [2.45, 2.75) is 19.5 Å². The lowest BCUT2D eigenvalue weighted by atomic mass is 10.2. The van der Waals surface area contributed by atoms with E-state index >= 15 is 0 Å². The Morgan fingerprint density at radius 2 is 2.12 bits per heavy atom. The summed E-state index contributed by atoms with van der Waals surface area (Å²) in [6, 6.07) is 5.43. The van der Waals surface area contributed by atoms with Crippen molar-refractivity contribution >= 4 is 23.2 Å². The van der Waals surface area contributed by atoms with E-state index in [1.807, 2.05) is 6.07 Å². The highest BCUT2D eigenvalue weighted by atomic mass is 35.5. The van der Waals surface area contributed by atoms with Gasteiger partial charge in [-0.05, 0) is 18.6 Å². The lowest BCUT2D eigenvalue weighted by molar-refractivity contribution is 0.415. The Hall–Kier alpha value is -0.950. The maximum atomic E-state index is 8.63. The molecule has 0 saturated heterocycles. The van der Waals surface area contributed by atoms with Gasteiger partial charge in [0, 0.05) is 6.54 Å². The third-order valence-electron chi connectivity index (χ3n) is 2.14. The van der Waals surface area contributed by atoms with E-state index in [-0.39, 0.29) is 6.04 Å².